The minimum atomic E-state index is -3.74. The van der Waals surface area contributed by atoms with Crippen molar-refractivity contribution in [2.45, 2.75) is 36.1 Å². The third-order valence-electron chi connectivity index (χ3n) is 7.64. The number of hydrogen-bond donors (Lipinski definition) is 0. The van der Waals surface area contributed by atoms with E-state index in [0.29, 0.717) is 16.7 Å². The lowest BCUT2D eigenvalue weighted by molar-refractivity contribution is -0.154. The van der Waals surface area contributed by atoms with Crippen molar-refractivity contribution in [2.24, 2.45) is 0 Å². The zero-order chi connectivity index (χ0) is 27.4. The van der Waals surface area contributed by atoms with Crippen LogP contribution in [-0.2, 0) is 33.4 Å². The second-order valence-corrected chi connectivity index (χ2v) is 10.8. The van der Waals surface area contributed by atoms with Crippen molar-refractivity contribution in [3.05, 3.63) is 69.7 Å². The van der Waals surface area contributed by atoms with Gasteiger partial charge in [0.1, 0.15) is 29.6 Å². The topological polar surface area (TPSA) is 78.0 Å². The molecule has 0 aromatic heterocycles. The molecule has 186 valence electrons. The van der Waals surface area contributed by atoms with E-state index in [0.717, 1.165) is 21.8 Å². The number of halogens is 3. The van der Waals surface area contributed by atoms with E-state index in [4.69, 9.17) is 11.6 Å². The normalized spacial score (nSPS) is 21.2. The number of rotatable bonds is 5. The van der Waals surface area contributed by atoms with Gasteiger partial charge in [-0.15, -0.1) is 0 Å². The van der Waals surface area contributed by atoms with Crippen molar-refractivity contribution in [1.82, 2.24) is 14.5 Å². The maximum atomic E-state index is 14.8. The predicted octanol–water partition coefficient (Wildman–Crippen LogP) is -1.95. The Bertz CT molecular complexity index is 1310. The first-order chi connectivity index (χ1) is 17.2. The predicted molar refractivity (Wildman–Crippen MR) is 147 cm³/mol. The summed E-state index contributed by atoms with van der Waals surface area (Å²) in [6.07, 6.45) is 0. The van der Waals surface area contributed by atoms with Crippen molar-refractivity contribution in [2.75, 3.05) is 0 Å². The van der Waals surface area contributed by atoms with Crippen LogP contribution in [-0.4, -0.2) is 83.7 Å². The molecule has 0 aliphatic carbocycles. The van der Waals surface area contributed by atoms with Crippen molar-refractivity contribution >= 4 is 74.7 Å². The van der Waals surface area contributed by atoms with Crippen molar-refractivity contribution in [3.63, 3.8) is 0 Å². The molecule has 4 rings (SSSR count). The summed E-state index contributed by atoms with van der Waals surface area (Å²) in [5, 5.41) is -0.505. The lowest BCUT2D eigenvalue weighted by Gasteiger charge is -2.49. The lowest BCUT2D eigenvalue weighted by Crippen LogP contribution is -2.63. The maximum Gasteiger partial charge on any atom is 0.348 e. The highest BCUT2D eigenvalue weighted by Gasteiger charge is 2.54. The van der Waals surface area contributed by atoms with E-state index < -0.39 is 40.4 Å². The Kier molecular flexibility index (Phi) is 6.86. The molecule has 0 bridgehead atoms. The van der Waals surface area contributed by atoms with Gasteiger partial charge in [-0.25, -0.2) is 0 Å². The van der Waals surface area contributed by atoms with Gasteiger partial charge in [0.2, 0.25) is 27.8 Å². The molecular weight excluding hydrogens is 498 g/mol. The third-order valence-corrected chi connectivity index (χ3v) is 7.89. The zero-order valence-electron chi connectivity index (χ0n) is 21.2. The van der Waals surface area contributed by atoms with Gasteiger partial charge in [0.05, 0.1) is 0 Å². The van der Waals surface area contributed by atoms with Crippen LogP contribution in [0.1, 0.15) is 27.0 Å². The number of amides is 4. The van der Waals surface area contributed by atoms with E-state index >= 15 is 0 Å². The van der Waals surface area contributed by atoms with E-state index in [1.54, 1.807) is 41.7 Å². The van der Waals surface area contributed by atoms with Crippen LogP contribution in [0, 0.1) is 0 Å². The van der Waals surface area contributed by atoms with Crippen LogP contribution in [0.2, 0.25) is 16.1 Å². The summed E-state index contributed by atoms with van der Waals surface area (Å²) in [5.74, 6) is -6.65. The Morgan fingerprint density at radius 1 is 1.11 bits per heavy atom. The summed E-state index contributed by atoms with van der Waals surface area (Å²) >= 11 is 5.77. The summed E-state index contributed by atoms with van der Waals surface area (Å²) in [4.78, 5) is 54.9. The van der Waals surface area contributed by atoms with Crippen LogP contribution < -0.4 is 0 Å². The van der Waals surface area contributed by atoms with Crippen LogP contribution in [0.3, 0.4) is 0 Å². The largest absolute Gasteiger partial charge is 0.384 e. The molecule has 2 aliphatic heterocycles. The minimum absolute atomic E-state index is 0.106. The van der Waals surface area contributed by atoms with Crippen LogP contribution in [0.25, 0.3) is 0 Å². The molecule has 0 saturated carbocycles. The van der Waals surface area contributed by atoms with E-state index in [1.165, 1.54) is 33.0 Å². The van der Waals surface area contributed by atoms with Crippen LogP contribution >= 0.6 is 11.6 Å². The summed E-state index contributed by atoms with van der Waals surface area (Å²) in [6.45, 7) is 0.0286. The molecule has 37 heavy (non-hydrogen) atoms. The van der Waals surface area contributed by atoms with Crippen LogP contribution in [0.5, 0.6) is 0 Å². The Balaban J connectivity index is 1.54. The molecule has 1 fully saturated rings. The first-order valence-electron chi connectivity index (χ1n) is 11.8. The summed E-state index contributed by atoms with van der Waals surface area (Å²) in [5.41, 5.74) is 1.14. The highest BCUT2D eigenvalue weighted by atomic mass is 35.5. The molecule has 7 nitrogen and oxygen atoms in total. The standard InChI is InChI=1S/C22H23B5ClF2N3O4/c23-15-18(35)33(27)19(36)16(21(15,24)25)31-9-11-7-10(1-6-14(11)17(31)34)8-32(26)20(37)22(29,30)12-2-4-13(28)5-3-12/h1-7,15-16H,8-9,23-27H2. The number of alkyl halides is 2. The minimum Gasteiger partial charge on any atom is -0.384 e. The molecule has 0 spiro atoms. The summed E-state index contributed by atoms with van der Waals surface area (Å²) < 4.78 is 29.6. The van der Waals surface area contributed by atoms with Crippen LogP contribution in [0.4, 0.5) is 8.78 Å². The van der Waals surface area contributed by atoms with Gasteiger partial charge in [-0.2, -0.15) is 8.78 Å². The number of nitrogens with zero attached hydrogens (tertiary/aromatic N) is 3. The molecule has 0 radical (unpaired) electrons. The Hall–Kier alpha value is -3.01. The highest BCUT2D eigenvalue weighted by Crippen LogP contribution is 2.45. The second kappa shape index (κ2) is 9.38. The number of fused-ring (bicyclic) bond motifs is 1. The quantitative estimate of drug-likeness (QED) is 0.339. The fraction of sp³-hybridized carbons (Fsp3) is 0.273. The molecular formula is C22H23B5ClF2N3O4. The number of carbonyl (C=O) groups excluding carboxylic acids is 4. The fourth-order valence-corrected chi connectivity index (χ4v) is 5.19. The number of carbonyl (C=O) groups is 4. The van der Waals surface area contributed by atoms with Crippen molar-refractivity contribution < 1.29 is 28.0 Å². The average molecular weight is 521 g/mol. The van der Waals surface area contributed by atoms with Crippen LogP contribution in [0.15, 0.2) is 42.5 Å². The first kappa shape index (κ1) is 27.0. The first-order valence-corrected chi connectivity index (χ1v) is 12.2. The average Bonchev–Trinajstić information content (AvgIpc) is 3.16. The van der Waals surface area contributed by atoms with Gasteiger partial charge in [-0.3, -0.25) is 19.2 Å². The monoisotopic (exact) mass is 521 g/mol. The number of imide groups is 1. The van der Waals surface area contributed by atoms with Gasteiger partial charge in [-0.05, 0) is 29.3 Å². The van der Waals surface area contributed by atoms with Gasteiger partial charge < -0.3 is 14.5 Å². The molecule has 15 heteroatoms. The SMILES string of the molecule is BC1C(=O)N(B)C(=O)C(N2Cc3cc(CN(B)C(=O)C(F)(F)c4ccc(Cl)cc4)ccc3C2=O)C1(B)B. The maximum absolute atomic E-state index is 14.8. The second-order valence-electron chi connectivity index (χ2n) is 10.3. The fourth-order valence-electron chi connectivity index (χ4n) is 5.06. The van der Waals surface area contributed by atoms with Gasteiger partial charge >= 0.3 is 5.92 Å². The molecule has 2 aliphatic rings. The number of benzene rings is 2. The van der Waals surface area contributed by atoms with E-state index in [9.17, 15) is 28.0 Å². The molecule has 2 atom stereocenters. The van der Waals surface area contributed by atoms with Gasteiger partial charge in [0.15, 0.2) is 0 Å². The molecule has 2 unspecified atom stereocenters. The third kappa shape index (κ3) is 4.49. The van der Waals surface area contributed by atoms with Crippen molar-refractivity contribution in [1.29, 1.82) is 0 Å². The Morgan fingerprint density at radius 3 is 2.35 bits per heavy atom. The molecule has 4 amide bonds. The smallest absolute Gasteiger partial charge is 0.348 e. The highest BCUT2D eigenvalue weighted by molar-refractivity contribution is 6.52. The Morgan fingerprint density at radius 2 is 1.73 bits per heavy atom. The molecule has 1 saturated heterocycles. The summed E-state index contributed by atoms with van der Waals surface area (Å²) in [7, 11) is 8.05. The lowest BCUT2D eigenvalue weighted by atomic mass is 9.38. The van der Waals surface area contributed by atoms with Gasteiger partial charge in [-0.1, -0.05) is 41.1 Å². The number of hydrogen-bond acceptors (Lipinski definition) is 4. The van der Waals surface area contributed by atoms with Gasteiger partial charge in [0, 0.05) is 35.1 Å². The molecule has 0 N–H and O–H groups in total. The molecule has 2 heterocycles. The van der Waals surface area contributed by atoms with Crippen molar-refractivity contribution in [3.8, 4) is 0 Å². The Labute approximate surface area is 222 Å². The zero-order valence-corrected chi connectivity index (χ0v) is 22.0. The van der Waals surface area contributed by atoms with Gasteiger partial charge in [0.25, 0.3) is 11.8 Å². The van der Waals surface area contributed by atoms with E-state index in [2.05, 4.69) is 0 Å². The molecule has 2 aromatic carbocycles. The number of piperidine rings is 1. The summed E-state index contributed by atoms with van der Waals surface area (Å²) in [6, 6.07) is 8.87. The molecule has 2 aromatic rings. The van der Waals surface area contributed by atoms with E-state index in [1.807, 2.05) is 0 Å². The van der Waals surface area contributed by atoms with E-state index in [-0.39, 0.29) is 29.9 Å².